The molecule has 118 valence electrons. The van der Waals surface area contributed by atoms with Gasteiger partial charge >= 0.3 is 5.97 Å². The van der Waals surface area contributed by atoms with Crippen molar-refractivity contribution >= 4 is 5.97 Å². The van der Waals surface area contributed by atoms with Gasteiger partial charge in [0.2, 0.25) is 0 Å². The van der Waals surface area contributed by atoms with Gasteiger partial charge in [0, 0.05) is 6.54 Å². The highest BCUT2D eigenvalue weighted by molar-refractivity contribution is 5.73. The first-order valence-electron chi connectivity index (χ1n) is 7.66. The molecule has 6 nitrogen and oxygen atoms in total. The van der Waals surface area contributed by atoms with Crippen molar-refractivity contribution in [1.82, 2.24) is 19.7 Å². The number of carboxylic acids is 1. The summed E-state index contributed by atoms with van der Waals surface area (Å²) in [6, 6.07) is -0.493. The van der Waals surface area contributed by atoms with Crippen LogP contribution < -0.4 is 0 Å². The van der Waals surface area contributed by atoms with Crippen molar-refractivity contribution in [2.75, 3.05) is 6.54 Å². The molecule has 0 amide bonds. The maximum atomic E-state index is 11.6. The van der Waals surface area contributed by atoms with Gasteiger partial charge in [-0.3, -0.25) is 9.69 Å². The molecule has 0 spiro atoms. The van der Waals surface area contributed by atoms with Crippen LogP contribution in [0.3, 0.4) is 0 Å². The molecule has 1 N–H and O–H groups in total. The Morgan fingerprint density at radius 1 is 1.29 bits per heavy atom. The van der Waals surface area contributed by atoms with E-state index in [9.17, 15) is 9.90 Å². The Bertz CT molecular complexity index is 502. The first-order chi connectivity index (χ1) is 9.81. The zero-order chi connectivity index (χ0) is 15.7. The zero-order valence-electron chi connectivity index (χ0n) is 13.6. The minimum atomic E-state index is -0.764. The summed E-state index contributed by atoms with van der Waals surface area (Å²) in [6.07, 6.45) is 0. The number of rotatable bonds is 5. The molecule has 1 aromatic heterocycles. The number of carboxylic acid groups (broad SMARTS) is 1. The Kier molecular flexibility index (Phi) is 4.66. The Balaban J connectivity index is 2.22. The molecule has 2 heterocycles. The van der Waals surface area contributed by atoms with Gasteiger partial charge in [-0.2, -0.15) is 0 Å². The third-order valence-electron chi connectivity index (χ3n) is 4.60. The van der Waals surface area contributed by atoms with Gasteiger partial charge in [-0.25, -0.2) is 0 Å². The Morgan fingerprint density at radius 2 is 1.90 bits per heavy atom. The van der Waals surface area contributed by atoms with Gasteiger partial charge < -0.3 is 9.67 Å². The summed E-state index contributed by atoms with van der Waals surface area (Å²) in [5.74, 6) is 2.43. The van der Waals surface area contributed by atoms with E-state index in [0.29, 0.717) is 30.8 Å². The molecule has 1 aromatic rings. The van der Waals surface area contributed by atoms with Gasteiger partial charge in [0.1, 0.15) is 17.7 Å². The van der Waals surface area contributed by atoms with Crippen molar-refractivity contribution in [2.45, 2.75) is 53.8 Å². The van der Waals surface area contributed by atoms with Gasteiger partial charge in [0.05, 0.1) is 13.1 Å². The lowest BCUT2D eigenvalue weighted by Crippen LogP contribution is -2.50. The Hall–Kier alpha value is -1.43. The molecular weight excluding hydrogens is 268 g/mol. The second-order valence-corrected chi connectivity index (χ2v) is 6.71. The molecule has 2 rings (SSSR count). The zero-order valence-corrected chi connectivity index (χ0v) is 13.6. The molecular formula is C15H26N4O2. The number of aryl methyl sites for hydroxylation is 1. The first-order valence-corrected chi connectivity index (χ1v) is 7.66. The highest BCUT2D eigenvalue weighted by Gasteiger charge is 2.35. The van der Waals surface area contributed by atoms with Crippen LogP contribution in [0.15, 0.2) is 0 Å². The van der Waals surface area contributed by atoms with Crippen LogP contribution in [0, 0.1) is 24.7 Å². The summed E-state index contributed by atoms with van der Waals surface area (Å²) in [4.78, 5) is 13.7. The highest BCUT2D eigenvalue weighted by Crippen LogP contribution is 2.26. The second kappa shape index (κ2) is 6.13. The normalized spacial score (nSPS) is 19.5. The predicted octanol–water partition coefficient (Wildman–Crippen LogP) is 1.78. The smallest absolute Gasteiger partial charge is 0.322 e. The van der Waals surface area contributed by atoms with Crippen molar-refractivity contribution in [2.24, 2.45) is 17.8 Å². The van der Waals surface area contributed by atoms with Crippen LogP contribution in [-0.2, 0) is 17.9 Å². The maximum Gasteiger partial charge on any atom is 0.322 e. The standard InChI is InChI=1S/C15H26N4O2/c1-9(2)12(10(3)4)6-18-8-14-17-16-11(5)19(14)7-13(18)15(20)21/h9-10,12-13H,6-8H2,1-5H3,(H,20,21). The summed E-state index contributed by atoms with van der Waals surface area (Å²) in [6.45, 7) is 12.5. The summed E-state index contributed by atoms with van der Waals surface area (Å²) >= 11 is 0. The van der Waals surface area contributed by atoms with Crippen LogP contribution in [-0.4, -0.2) is 43.3 Å². The highest BCUT2D eigenvalue weighted by atomic mass is 16.4. The Labute approximate surface area is 126 Å². The molecule has 0 radical (unpaired) electrons. The van der Waals surface area contributed by atoms with Crippen molar-refractivity contribution in [3.8, 4) is 0 Å². The quantitative estimate of drug-likeness (QED) is 0.896. The lowest BCUT2D eigenvalue weighted by Gasteiger charge is -2.38. The van der Waals surface area contributed by atoms with Gasteiger partial charge in [0.25, 0.3) is 0 Å². The van der Waals surface area contributed by atoms with Crippen molar-refractivity contribution in [3.05, 3.63) is 11.6 Å². The van der Waals surface area contributed by atoms with Gasteiger partial charge in [-0.15, -0.1) is 10.2 Å². The van der Waals surface area contributed by atoms with Crippen LogP contribution in [0.5, 0.6) is 0 Å². The lowest BCUT2D eigenvalue weighted by atomic mass is 9.84. The van der Waals surface area contributed by atoms with E-state index >= 15 is 0 Å². The number of aromatic nitrogens is 3. The summed E-state index contributed by atoms with van der Waals surface area (Å²) in [5.41, 5.74) is 0. The number of nitrogens with zero attached hydrogens (tertiary/aromatic N) is 4. The van der Waals surface area contributed by atoms with E-state index in [1.54, 1.807) is 0 Å². The van der Waals surface area contributed by atoms with Crippen LogP contribution in [0.4, 0.5) is 0 Å². The average Bonchev–Trinajstić information content (AvgIpc) is 2.75. The number of hydrogen-bond donors (Lipinski definition) is 1. The average molecular weight is 294 g/mol. The largest absolute Gasteiger partial charge is 0.480 e. The van der Waals surface area contributed by atoms with E-state index in [2.05, 4.69) is 42.8 Å². The van der Waals surface area contributed by atoms with Gasteiger partial charge in [0.15, 0.2) is 0 Å². The maximum absolute atomic E-state index is 11.6. The van der Waals surface area contributed by atoms with Gasteiger partial charge in [-0.1, -0.05) is 27.7 Å². The summed E-state index contributed by atoms with van der Waals surface area (Å²) < 4.78 is 1.93. The molecule has 0 saturated carbocycles. The Morgan fingerprint density at radius 3 is 2.43 bits per heavy atom. The molecule has 1 aliphatic heterocycles. The number of carbonyl (C=O) groups is 1. The minimum absolute atomic E-state index is 0.437. The van der Waals surface area contributed by atoms with Crippen LogP contribution in [0.1, 0.15) is 39.3 Å². The van der Waals surface area contributed by atoms with Crippen molar-refractivity contribution < 1.29 is 9.90 Å². The van der Waals surface area contributed by atoms with E-state index in [-0.39, 0.29) is 0 Å². The summed E-state index contributed by atoms with van der Waals surface area (Å²) in [5, 5.41) is 17.8. The fraction of sp³-hybridized carbons (Fsp3) is 0.800. The molecule has 6 heteroatoms. The third-order valence-corrected chi connectivity index (χ3v) is 4.60. The van der Waals surface area contributed by atoms with Crippen LogP contribution in [0.25, 0.3) is 0 Å². The fourth-order valence-corrected chi connectivity index (χ4v) is 3.25. The molecule has 0 bridgehead atoms. The van der Waals surface area contributed by atoms with Crippen LogP contribution >= 0.6 is 0 Å². The predicted molar refractivity (Wildman–Crippen MR) is 79.8 cm³/mol. The number of hydrogen-bond acceptors (Lipinski definition) is 4. The van der Waals surface area contributed by atoms with Crippen LogP contribution in [0.2, 0.25) is 0 Å². The second-order valence-electron chi connectivity index (χ2n) is 6.71. The molecule has 21 heavy (non-hydrogen) atoms. The third kappa shape index (κ3) is 3.26. The summed E-state index contributed by atoms with van der Waals surface area (Å²) in [7, 11) is 0. The first kappa shape index (κ1) is 15.9. The molecule has 1 atom stereocenters. The van der Waals surface area contributed by atoms with E-state index in [0.717, 1.165) is 18.2 Å². The topological polar surface area (TPSA) is 71.2 Å². The number of aliphatic carboxylic acids is 1. The van der Waals surface area contributed by atoms with Gasteiger partial charge in [-0.05, 0) is 24.7 Å². The monoisotopic (exact) mass is 294 g/mol. The molecule has 0 aromatic carbocycles. The van der Waals surface area contributed by atoms with Crippen molar-refractivity contribution in [3.63, 3.8) is 0 Å². The molecule has 0 fully saturated rings. The van der Waals surface area contributed by atoms with E-state index < -0.39 is 12.0 Å². The van der Waals surface area contributed by atoms with E-state index in [1.165, 1.54) is 0 Å². The van der Waals surface area contributed by atoms with E-state index in [1.807, 2.05) is 11.5 Å². The number of fused-ring (bicyclic) bond motifs is 1. The molecule has 0 saturated heterocycles. The molecule has 0 aliphatic carbocycles. The fourth-order valence-electron chi connectivity index (χ4n) is 3.25. The minimum Gasteiger partial charge on any atom is -0.480 e. The van der Waals surface area contributed by atoms with E-state index in [4.69, 9.17) is 0 Å². The molecule has 1 aliphatic rings. The lowest BCUT2D eigenvalue weighted by molar-refractivity contribution is -0.145. The van der Waals surface area contributed by atoms with Crippen molar-refractivity contribution in [1.29, 1.82) is 0 Å². The molecule has 1 unspecified atom stereocenters. The SMILES string of the molecule is Cc1nnc2n1CC(C(=O)O)N(CC(C(C)C)C(C)C)C2.